The van der Waals surface area contributed by atoms with Gasteiger partial charge in [0.25, 0.3) is 5.91 Å². The molecular weight excluding hydrogens is 274 g/mol. The highest BCUT2D eigenvalue weighted by atomic mass is 32.1. The van der Waals surface area contributed by atoms with Gasteiger partial charge in [0.15, 0.2) is 5.11 Å². The topological polar surface area (TPSA) is 54.5 Å². The van der Waals surface area contributed by atoms with E-state index in [1.807, 2.05) is 12.1 Å². The Kier molecular flexibility index (Phi) is 3.75. The molecule has 6 heteroatoms. The number of thiocarbonyl (C=S) groups is 1. The molecule has 0 radical (unpaired) electrons. The lowest BCUT2D eigenvalue weighted by molar-refractivity contribution is -0.123. The molecule has 20 heavy (non-hydrogen) atoms. The third kappa shape index (κ3) is 2.71. The summed E-state index contributed by atoms with van der Waals surface area (Å²) in [6, 6.07) is 3.72. The van der Waals surface area contributed by atoms with Crippen LogP contribution in [0.2, 0.25) is 0 Å². The van der Waals surface area contributed by atoms with Crippen molar-refractivity contribution in [3.63, 3.8) is 0 Å². The molecule has 0 aliphatic carbocycles. The summed E-state index contributed by atoms with van der Waals surface area (Å²) in [7, 11) is 0. The number of hydrogen-bond donors (Lipinski definition) is 1. The monoisotopic (exact) mass is 289 g/mol. The molecule has 2 aliphatic heterocycles. The van der Waals surface area contributed by atoms with Crippen LogP contribution in [0.5, 0.6) is 0 Å². The summed E-state index contributed by atoms with van der Waals surface area (Å²) in [5.74, 6) is -0.102. The summed E-state index contributed by atoms with van der Waals surface area (Å²) >= 11 is 5.23. The largest absolute Gasteiger partial charge is 0.376 e. The minimum atomic E-state index is -0.102. The normalized spacial score (nSPS) is 24.5. The van der Waals surface area contributed by atoms with Crippen LogP contribution >= 0.6 is 12.2 Å². The first-order chi connectivity index (χ1) is 9.74. The van der Waals surface area contributed by atoms with Crippen LogP contribution in [0.25, 0.3) is 6.08 Å². The first kappa shape index (κ1) is 13.2. The number of pyridine rings is 1. The van der Waals surface area contributed by atoms with Crippen molar-refractivity contribution in [2.45, 2.75) is 18.9 Å². The predicted octanol–water partition coefficient (Wildman–Crippen LogP) is 1.32. The maximum Gasteiger partial charge on any atom is 0.276 e. The molecule has 0 bridgehead atoms. The molecule has 2 aliphatic rings. The summed E-state index contributed by atoms with van der Waals surface area (Å²) in [5, 5.41) is 3.41. The molecule has 0 spiro atoms. The molecule has 1 N–H and O–H groups in total. The van der Waals surface area contributed by atoms with E-state index in [0.29, 0.717) is 17.4 Å². The maximum atomic E-state index is 12.3. The fourth-order valence-corrected chi connectivity index (χ4v) is 2.62. The van der Waals surface area contributed by atoms with Crippen LogP contribution in [-0.2, 0) is 9.53 Å². The maximum absolute atomic E-state index is 12.3. The molecule has 1 aromatic heterocycles. The van der Waals surface area contributed by atoms with E-state index in [-0.39, 0.29) is 12.0 Å². The van der Waals surface area contributed by atoms with Gasteiger partial charge in [0.05, 0.1) is 12.6 Å². The van der Waals surface area contributed by atoms with Crippen LogP contribution in [0, 0.1) is 0 Å². The highest BCUT2D eigenvalue weighted by Gasteiger charge is 2.33. The van der Waals surface area contributed by atoms with Gasteiger partial charge < -0.3 is 10.1 Å². The first-order valence-electron chi connectivity index (χ1n) is 6.60. The number of hydrogen-bond acceptors (Lipinski definition) is 4. The zero-order chi connectivity index (χ0) is 13.9. The van der Waals surface area contributed by atoms with Gasteiger partial charge in [-0.15, -0.1) is 0 Å². The molecule has 1 amide bonds. The van der Waals surface area contributed by atoms with Gasteiger partial charge in [-0.3, -0.25) is 14.7 Å². The summed E-state index contributed by atoms with van der Waals surface area (Å²) in [4.78, 5) is 17.9. The van der Waals surface area contributed by atoms with E-state index in [0.717, 1.165) is 25.0 Å². The van der Waals surface area contributed by atoms with Crippen molar-refractivity contribution in [2.24, 2.45) is 0 Å². The van der Waals surface area contributed by atoms with Gasteiger partial charge in [0, 0.05) is 19.0 Å². The molecule has 1 unspecified atom stereocenters. The number of carbonyl (C=O) groups excluding carboxylic acids is 1. The molecule has 3 heterocycles. The van der Waals surface area contributed by atoms with E-state index in [1.54, 1.807) is 23.4 Å². The zero-order valence-corrected chi connectivity index (χ0v) is 11.7. The second kappa shape index (κ2) is 5.68. The van der Waals surface area contributed by atoms with Gasteiger partial charge in [-0.2, -0.15) is 0 Å². The van der Waals surface area contributed by atoms with Crippen molar-refractivity contribution in [1.82, 2.24) is 15.2 Å². The Morgan fingerprint density at radius 3 is 3.20 bits per heavy atom. The van der Waals surface area contributed by atoms with Gasteiger partial charge >= 0.3 is 0 Å². The number of aromatic nitrogens is 1. The summed E-state index contributed by atoms with van der Waals surface area (Å²) in [6.07, 6.45) is 7.28. The van der Waals surface area contributed by atoms with E-state index in [2.05, 4.69) is 10.3 Å². The Morgan fingerprint density at radius 1 is 1.60 bits per heavy atom. The molecular formula is C14H15N3O2S. The number of rotatable bonds is 3. The smallest absolute Gasteiger partial charge is 0.276 e. The predicted molar refractivity (Wildman–Crippen MR) is 78.6 cm³/mol. The average Bonchev–Trinajstić information content (AvgIpc) is 3.05. The van der Waals surface area contributed by atoms with E-state index in [1.165, 1.54) is 0 Å². The van der Waals surface area contributed by atoms with Gasteiger partial charge in [0.2, 0.25) is 0 Å². The number of ether oxygens (including phenoxy) is 1. The molecule has 1 atom stereocenters. The van der Waals surface area contributed by atoms with Crippen LogP contribution in [-0.4, -0.2) is 40.2 Å². The lowest BCUT2D eigenvalue weighted by Gasteiger charge is -2.18. The van der Waals surface area contributed by atoms with Gasteiger partial charge in [-0.25, -0.2) is 0 Å². The molecule has 0 aromatic carbocycles. The molecule has 3 rings (SSSR count). The highest BCUT2D eigenvalue weighted by Crippen LogP contribution is 2.18. The van der Waals surface area contributed by atoms with Crippen molar-refractivity contribution < 1.29 is 9.53 Å². The standard InChI is InChI=1S/C14H15N3O2S/c18-13-12(7-10-3-1-5-15-8-10)16-14(20)17(13)9-11-4-2-6-19-11/h1,3,5,7-8,11H,2,4,6,9H2,(H,16,20). The van der Waals surface area contributed by atoms with Crippen molar-refractivity contribution in [3.8, 4) is 0 Å². The van der Waals surface area contributed by atoms with Gasteiger partial charge in [-0.1, -0.05) is 6.07 Å². The number of carbonyl (C=O) groups is 1. The van der Waals surface area contributed by atoms with Crippen LogP contribution < -0.4 is 5.32 Å². The fraction of sp³-hybridized carbons (Fsp3) is 0.357. The van der Waals surface area contributed by atoms with Crippen molar-refractivity contribution in [2.75, 3.05) is 13.2 Å². The van der Waals surface area contributed by atoms with Crippen LogP contribution in [0.15, 0.2) is 30.2 Å². The van der Waals surface area contributed by atoms with E-state index in [4.69, 9.17) is 17.0 Å². The van der Waals surface area contributed by atoms with E-state index in [9.17, 15) is 4.79 Å². The van der Waals surface area contributed by atoms with Crippen molar-refractivity contribution in [3.05, 3.63) is 35.8 Å². The quantitative estimate of drug-likeness (QED) is 0.672. The number of nitrogens with zero attached hydrogens (tertiary/aromatic N) is 2. The third-order valence-corrected chi connectivity index (χ3v) is 3.69. The number of nitrogens with one attached hydrogen (secondary N) is 1. The van der Waals surface area contributed by atoms with Crippen molar-refractivity contribution in [1.29, 1.82) is 0 Å². The molecule has 2 fully saturated rings. The summed E-state index contributed by atoms with van der Waals surface area (Å²) in [5.41, 5.74) is 1.35. The summed E-state index contributed by atoms with van der Waals surface area (Å²) in [6.45, 7) is 1.29. The fourth-order valence-electron chi connectivity index (χ4n) is 2.36. The van der Waals surface area contributed by atoms with Gasteiger partial charge in [0.1, 0.15) is 5.70 Å². The average molecular weight is 289 g/mol. The SMILES string of the molecule is O=C1C(=Cc2cccnc2)NC(=S)N1CC1CCCO1. The lowest BCUT2D eigenvalue weighted by Crippen LogP contribution is -2.37. The third-order valence-electron chi connectivity index (χ3n) is 3.37. The minimum absolute atomic E-state index is 0.0939. The van der Waals surface area contributed by atoms with Crippen molar-refractivity contribution >= 4 is 29.3 Å². The Labute approximate surface area is 122 Å². The number of amides is 1. The van der Waals surface area contributed by atoms with E-state index < -0.39 is 0 Å². The minimum Gasteiger partial charge on any atom is -0.376 e. The van der Waals surface area contributed by atoms with Gasteiger partial charge in [-0.05, 0) is 42.8 Å². The molecule has 2 saturated heterocycles. The second-order valence-corrected chi connectivity index (χ2v) is 5.21. The molecule has 0 saturated carbocycles. The van der Waals surface area contributed by atoms with Crippen LogP contribution in [0.4, 0.5) is 0 Å². The Hall–Kier alpha value is -1.79. The van der Waals surface area contributed by atoms with Crippen LogP contribution in [0.3, 0.4) is 0 Å². The highest BCUT2D eigenvalue weighted by molar-refractivity contribution is 7.80. The molecule has 5 nitrogen and oxygen atoms in total. The first-order valence-corrected chi connectivity index (χ1v) is 7.01. The van der Waals surface area contributed by atoms with Crippen LogP contribution in [0.1, 0.15) is 18.4 Å². The molecule has 104 valence electrons. The zero-order valence-electron chi connectivity index (χ0n) is 10.9. The second-order valence-electron chi connectivity index (χ2n) is 4.83. The Bertz CT molecular complexity index is 553. The van der Waals surface area contributed by atoms with E-state index >= 15 is 0 Å². The Balaban J connectivity index is 1.74. The lowest BCUT2D eigenvalue weighted by atomic mass is 10.2. The summed E-state index contributed by atoms with van der Waals surface area (Å²) < 4.78 is 5.55. The molecule has 1 aromatic rings. The Morgan fingerprint density at radius 2 is 2.50 bits per heavy atom.